The fraction of sp³-hybridized carbons (Fsp3) is 0.902. The first-order valence-corrected chi connectivity index (χ1v) is 26.2. The van der Waals surface area contributed by atoms with Gasteiger partial charge in [0.05, 0.1) is 11.1 Å². The van der Waals surface area contributed by atoms with Crippen LogP contribution in [0.2, 0.25) is 0 Å². The van der Waals surface area contributed by atoms with Crippen LogP contribution in [0, 0.1) is 0 Å². The van der Waals surface area contributed by atoms with Gasteiger partial charge in [-0.15, -0.1) is 0 Å². The van der Waals surface area contributed by atoms with Crippen molar-refractivity contribution in [2.45, 2.75) is 231 Å². The Kier molecular flexibility index (Phi) is 15.1. The van der Waals surface area contributed by atoms with E-state index in [1.165, 1.54) is 57.8 Å². The lowest BCUT2D eigenvalue weighted by molar-refractivity contribution is -0.143. The van der Waals surface area contributed by atoms with Crippen LogP contribution >= 0.6 is 0 Å². The molecular weight excluding hydrogens is 813 g/mol. The van der Waals surface area contributed by atoms with Gasteiger partial charge in [-0.1, -0.05) is 57.8 Å². The number of aromatic nitrogens is 3. The van der Waals surface area contributed by atoms with E-state index in [1.54, 1.807) is 0 Å². The number of piperazine rings is 3. The summed E-state index contributed by atoms with van der Waals surface area (Å²) in [5, 5.41) is 11.1. The number of nitrogens with zero attached hydrogens (tertiary/aromatic N) is 9. The lowest BCUT2D eigenvalue weighted by Gasteiger charge is -2.49. The minimum absolute atomic E-state index is 0.0123. The quantitative estimate of drug-likeness (QED) is 0.173. The van der Waals surface area contributed by atoms with Crippen LogP contribution in [0.3, 0.4) is 0 Å². The molecule has 3 saturated heterocycles. The fourth-order valence-electron chi connectivity index (χ4n) is 13.4. The van der Waals surface area contributed by atoms with Crippen molar-refractivity contribution in [1.82, 2.24) is 45.6 Å². The van der Waals surface area contributed by atoms with Gasteiger partial charge in [-0.05, 0) is 122 Å². The SMILES string of the molecule is CC1(C)CN(CCN(c2nc(N(CCN3CC(C)(C)NC(C)(C)C3=O)C3CCCCC3)nc(N(CCN3CC(C)(C)NC(C)(C)C3=O)C3CCCCC3)n2)C2CCCCC2)CC(C)(C)N1. The van der Waals surface area contributed by atoms with Crippen LogP contribution in [0.25, 0.3) is 0 Å². The Balaban J connectivity index is 1.31. The zero-order chi connectivity index (χ0) is 47.0. The van der Waals surface area contributed by atoms with Gasteiger partial charge < -0.3 is 29.8 Å². The first kappa shape index (κ1) is 50.1. The van der Waals surface area contributed by atoms with Gasteiger partial charge in [0.25, 0.3) is 0 Å². The molecule has 0 unspecified atom stereocenters. The summed E-state index contributed by atoms with van der Waals surface area (Å²) < 4.78 is 0. The molecule has 0 spiro atoms. The summed E-state index contributed by atoms with van der Waals surface area (Å²) in [6, 6.07) is 0.920. The van der Waals surface area contributed by atoms with E-state index in [0.29, 0.717) is 45.3 Å². The van der Waals surface area contributed by atoms with Gasteiger partial charge in [-0.3, -0.25) is 25.1 Å². The molecule has 14 nitrogen and oxygen atoms in total. The molecule has 0 atom stereocenters. The number of carbonyl (C=O) groups excluding carboxylic acids is 2. The lowest BCUT2D eigenvalue weighted by atomic mass is 9.90. The van der Waals surface area contributed by atoms with E-state index in [9.17, 15) is 9.59 Å². The maximum atomic E-state index is 14.0. The molecule has 1 aromatic heterocycles. The molecule has 368 valence electrons. The zero-order valence-corrected chi connectivity index (χ0v) is 43.3. The molecule has 14 heteroatoms. The van der Waals surface area contributed by atoms with Gasteiger partial charge in [0.2, 0.25) is 29.7 Å². The Bertz CT molecular complexity index is 1670. The standard InChI is InChI=1S/C51H92N12O2/c1-46(2)34-58(35-47(3,4)55-46)28-31-61(38-22-16-13-17-23-38)43-52-44(62(39-24-18-14-19-25-39)32-29-59-36-48(5,6)56-50(9,10)41(59)64)54-45(53-43)63(40-26-20-15-21-27-40)33-30-60-37-49(7,8)57-51(11,12)42(60)65/h38-40,55-57H,13-37H2,1-12H3. The summed E-state index contributed by atoms with van der Waals surface area (Å²) >= 11 is 0. The van der Waals surface area contributed by atoms with Crippen molar-refractivity contribution in [2.75, 3.05) is 80.1 Å². The second kappa shape index (κ2) is 19.7. The van der Waals surface area contributed by atoms with Gasteiger partial charge in [0, 0.05) is 106 Å². The van der Waals surface area contributed by atoms with Gasteiger partial charge in [0.1, 0.15) is 0 Å². The third-order valence-electron chi connectivity index (χ3n) is 15.3. The average Bonchev–Trinajstić information content (AvgIpc) is 3.21. The Morgan fingerprint density at radius 2 is 0.723 bits per heavy atom. The minimum Gasteiger partial charge on any atom is -0.338 e. The fourth-order valence-corrected chi connectivity index (χ4v) is 13.4. The van der Waals surface area contributed by atoms with E-state index in [4.69, 9.17) is 15.0 Å². The van der Waals surface area contributed by atoms with Gasteiger partial charge in [-0.25, -0.2) is 0 Å². The second-order valence-corrected chi connectivity index (χ2v) is 25.0. The van der Waals surface area contributed by atoms with Crippen molar-refractivity contribution < 1.29 is 9.59 Å². The van der Waals surface area contributed by atoms with Crippen molar-refractivity contribution in [3.63, 3.8) is 0 Å². The van der Waals surface area contributed by atoms with Crippen LogP contribution in [0.15, 0.2) is 0 Å². The number of nitrogens with one attached hydrogen (secondary N) is 3. The minimum atomic E-state index is -0.642. The molecule has 65 heavy (non-hydrogen) atoms. The molecule has 2 amide bonds. The lowest BCUT2D eigenvalue weighted by Crippen LogP contribution is -2.70. The Labute approximate surface area is 394 Å². The third kappa shape index (κ3) is 12.6. The van der Waals surface area contributed by atoms with E-state index in [2.05, 4.69) is 101 Å². The summed E-state index contributed by atoms with van der Waals surface area (Å²) in [5.41, 5.74) is -1.66. The number of carbonyl (C=O) groups is 2. The average molecular weight is 905 g/mol. The predicted molar refractivity (Wildman–Crippen MR) is 266 cm³/mol. The molecule has 3 aliphatic heterocycles. The molecule has 6 aliphatic rings. The van der Waals surface area contributed by atoms with Crippen molar-refractivity contribution >= 4 is 29.7 Å². The smallest absolute Gasteiger partial charge is 0.242 e. The molecule has 3 N–H and O–H groups in total. The molecule has 6 fully saturated rings. The third-order valence-corrected chi connectivity index (χ3v) is 15.3. The van der Waals surface area contributed by atoms with Crippen LogP contribution in [-0.2, 0) is 9.59 Å². The van der Waals surface area contributed by atoms with E-state index in [0.717, 1.165) is 82.5 Å². The summed E-state index contributed by atoms with van der Waals surface area (Å²) in [7, 11) is 0. The monoisotopic (exact) mass is 905 g/mol. The summed E-state index contributed by atoms with van der Waals surface area (Å²) in [4.78, 5) is 59.4. The van der Waals surface area contributed by atoms with E-state index >= 15 is 0 Å². The Morgan fingerprint density at radius 1 is 0.431 bits per heavy atom. The van der Waals surface area contributed by atoms with Crippen molar-refractivity contribution in [1.29, 1.82) is 0 Å². The Hall–Kier alpha value is -2.81. The van der Waals surface area contributed by atoms with Gasteiger partial charge in [-0.2, -0.15) is 15.0 Å². The van der Waals surface area contributed by atoms with Crippen LogP contribution in [0.1, 0.15) is 179 Å². The molecule has 0 bridgehead atoms. The summed E-state index contributed by atoms with van der Waals surface area (Å²) in [6.07, 6.45) is 17.6. The van der Waals surface area contributed by atoms with Crippen molar-refractivity contribution in [2.24, 2.45) is 0 Å². The van der Waals surface area contributed by atoms with Crippen LogP contribution in [0.4, 0.5) is 17.8 Å². The number of anilines is 3. The summed E-state index contributed by atoms with van der Waals surface area (Å²) in [6.45, 7) is 33.9. The molecule has 7 rings (SSSR count). The van der Waals surface area contributed by atoms with E-state index in [1.807, 2.05) is 27.7 Å². The number of hydrogen-bond acceptors (Lipinski definition) is 12. The largest absolute Gasteiger partial charge is 0.338 e. The molecule has 1 aromatic rings. The van der Waals surface area contributed by atoms with Crippen LogP contribution in [0.5, 0.6) is 0 Å². The molecule has 0 aromatic carbocycles. The van der Waals surface area contributed by atoms with E-state index < -0.39 is 11.1 Å². The first-order chi connectivity index (χ1) is 30.4. The molecule has 3 aliphatic carbocycles. The van der Waals surface area contributed by atoms with E-state index in [-0.39, 0.29) is 46.1 Å². The highest BCUT2D eigenvalue weighted by Gasteiger charge is 2.45. The number of hydrogen-bond donors (Lipinski definition) is 3. The topological polar surface area (TPSA) is 128 Å². The van der Waals surface area contributed by atoms with Crippen LogP contribution in [-0.4, -0.2) is 158 Å². The van der Waals surface area contributed by atoms with Crippen LogP contribution < -0.4 is 30.7 Å². The molecule has 0 radical (unpaired) electrons. The maximum Gasteiger partial charge on any atom is 0.242 e. The van der Waals surface area contributed by atoms with Gasteiger partial charge >= 0.3 is 0 Å². The Morgan fingerprint density at radius 3 is 1.05 bits per heavy atom. The molecular formula is C51H92N12O2. The predicted octanol–water partition coefficient (Wildman–Crippen LogP) is 6.73. The second-order valence-electron chi connectivity index (χ2n) is 25.0. The highest BCUT2D eigenvalue weighted by molar-refractivity contribution is 5.87. The molecule has 4 heterocycles. The summed E-state index contributed by atoms with van der Waals surface area (Å²) in [5.74, 6) is 2.61. The maximum absolute atomic E-state index is 14.0. The number of amides is 2. The first-order valence-electron chi connectivity index (χ1n) is 26.2. The zero-order valence-electron chi connectivity index (χ0n) is 43.3. The van der Waals surface area contributed by atoms with Gasteiger partial charge in [0.15, 0.2) is 0 Å². The van der Waals surface area contributed by atoms with Crippen molar-refractivity contribution in [3.8, 4) is 0 Å². The normalized spacial score (nSPS) is 26.3. The highest BCUT2D eigenvalue weighted by Crippen LogP contribution is 2.34. The number of rotatable bonds is 15. The highest BCUT2D eigenvalue weighted by atomic mass is 16.2. The van der Waals surface area contributed by atoms with Crippen molar-refractivity contribution in [3.05, 3.63) is 0 Å². The molecule has 3 saturated carbocycles.